The minimum Gasteiger partial charge on any atom is -0.102 e. The zero-order valence-electron chi connectivity index (χ0n) is 5.59. The Morgan fingerprint density at radius 2 is 2.11 bits per heavy atom. The fraction of sp³-hybridized carbons (Fsp3) is 0.556. The highest BCUT2D eigenvalue weighted by atomic mass is 14.4. The van der Waals surface area contributed by atoms with Crippen LogP contribution in [0.25, 0.3) is 0 Å². The molecule has 9 heavy (non-hydrogen) atoms. The van der Waals surface area contributed by atoms with Crippen LogP contribution < -0.4 is 0 Å². The second-order valence-electron chi connectivity index (χ2n) is 3.19. The van der Waals surface area contributed by atoms with Crippen LogP contribution in [0.2, 0.25) is 0 Å². The van der Waals surface area contributed by atoms with Crippen LogP contribution in [0.5, 0.6) is 0 Å². The van der Waals surface area contributed by atoms with Crippen LogP contribution in [0.3, 0.4) is 0 Å². The number of fused-ring (bicyclic) bond motifs is 1. The number of hydrogen-bond donors (Lipinski definition) is 0. The lowest BCUT2D eigenvalue weighted by Crippen LogP contribution is -2.31. The van der Waals surface area contributed by atoms with E-state index in [9.17, 15) is 0 Å². The standard InChI is InChI=1S/C9H12/c1-2-8-4-3-7-5-9(8)6-7/h2-4,7-9H,1,5-6H2. The van der Waals surface area contributed by atoms with Gasteiger partial charge in [-0.05, 0) is 30.6 Å². The fourth-order valence-electron chi connectivity index (χ4n) is 1.89. The summed E-state index contributed by atoms with van der Waals surface area (Å²) < 4.78 is 0. The molecule has 0 amide bonds. The van der Waals surface area contributed by atoms with Gasteiger partial charge in [-0.1, -0.05) is 18.2 Å². The van der Waals surface area contributed by atoms with E-state index in [-0.39, 0.29) is 0 Å². The Balaban J connectivity index is 2.17. The maximum absolute atomic E-state index is 3.81. The zero-order chi connectivity index (χ0) is 6.27. The normalized spacial score (nSPS) is 46.0. The molecule has 3 rings (SSSR count). The van der Waals surface area contributed by atoms with E-state index < -0.39 is 0 Å². The molecule has 0 saturated heterocycles. The molecule has 0 unspecified atom stereocenters. The Bertz CT molecular complexity index is 149. The first-order chi connectivity index (χ1) is 4.40. The highest BCUT2D eigenvalue weighted by molar-refractivity contribution is 5.13. The second kappa shape index (κ2) is 1.73. The third-order valence-corrected chi connectivity index (χ3v) is 2.63. The summed E-state index contributed by atoms with van der Waals surface area (Å²) in [6, 6.07) is 0. The molecule has 48 valence electrons. The molecule has 0 heterocycles. The van der Waals surface area contributed by atoms with Crippen LogP contribution in [-0.4, -0.2) is 0 Å². The molecule has 1 fully saturated rings. The summed E-state index contributed by atoms with van der Waals surface area (Å²) in [5.41, 5.74) is 0. The van der Waals surface area contributed by atoms with Crippen molar-refractivity contribution in [2.45, 2.75) is 12.8 Å². The SMILES string of the molecule is C=CC1C=CC2CC1C2. The predicted octanol–water partition coefficient (Wildman–Crippen LogP) is 2.38. The van der Waals surface area contributed by atoms with Crippen LogP contribution in [0.15, 0.2) is 24.8 Å². The number of allylic oxidation sites excluding steroid dienone is 3. The second-order valence-corrected chi connectivity index (χ2v) is 3.19. The molecule has 0 aromatic heterocycles. The highest BCUT2D eigenvalue weighted by Crippen LogP contribution is 2.44. The summed E-state index contributed by atoms with van der Waals surface area (Å²) in [5, 5.41) is 0. The Labute approximate surface area is 56.3 Å². The molecule has 0 aromatic rings. The van der Waals surface area contributed by atoms with Gasteiger partial charge in [-0.3, -0.25) is 0 Å². The Morgan fingerprint density at radius 3 is 2.44 bits per heavy atom. The third kappa shape index (κ3) is 0.658. The molecular formula is C9H12. The molecule has 1 saturated carbocycles. The number of hydrogen-bond acceptors (Lipinski definition) is 0. The molecule has 0 aliphatic heterocycles. The monoisotopic (exact) mass is 120 g/mol. The van der Waals surface area contributed by atoms with Gasteiger partial charge in [-0.15, -0.1) is 6.58 Å². The Kier molecular flexibility index (Phi) is 1.01. The van der Waals surface area contributed by atoms with E-state index in [4.69, 9.17) is 0 Å². The van der Waals surface area contributed by atoms with Crippen molar-refractivity contribution in [2.24, 2.45) is 17.8 Å². The molecule has 3 aliphatic rings. The zero-order valence-corrected chi connectivity index (χ0v) is 5.59. The van der Waals surface area contributed by atoms with Crippen LogP contribution in [-0.2, 0) is 0 Å². The van der Waals surface area contributed by atoms with Crippen molar-refractivity contribution >= 4 is 0 Å². The van der Waals surface area contributed by atoms with Gasteiger partial charge in [0, 0.05) is 0 Å². The van der Waals surface area contributed by atoms with Gasteiger partial charge in [0.2, 0.25) is 0 Å². The van der Waals surface area contributed by atoms with Gasteiger partial charge >= 0.3 is 0 Å². The third-order valence-electron chi connectivity index (χ3n) is 2.63. The number of rotatable bonds is 1. The van der Waals surface area contributed by atoms with Gasteiger partial charge in [0.25, 0.3) is 0 Å². The molecule has 0 heteroatoms. The van der Waals surface area contributed by atoms with Crippen LogP contribution in [0.4, 0.5) is 0 Å². The summed E-state index contributed by atoms with van der Waals surface area (Å²) in [5.74, 6) is 2.60. The van der Waals surface area contributed by atoms with Crippen LogP contribution >= 0.6 is 0 Å². The Hall–Kier alpha value is -0.520. The average molecular weight is 120 g/mol. The van der Waals surface area contributed by atoms with E-state index in [2.05, 4.69) is 24.8 Å². The molecule has 0 atom stereocenters. The van der Waals surface area contributed by atoms with E-state index in [0.717, 1.165) is 11.8 Å². The minimum absolute atomic E-state index is 0.704. The van der Waals surface area contributed by atoms with Gasteiger partial charge in [-0.2, -0.15) is 0 Å². The van der Waals surface area contributed by atoms with Gasteiger partial charge in [0.05, 0.1) is 0 Å². The molecule has 0 aromatic carbocycles. The fourth-order valence-corrected chi connectivity index (χ4v) is 1.89. The van der Waals surface area contributed by atoms with Crippen molar-refractivity contribution in [2.75, 3.05) is 0 Å². The van der Waals surface area contributed by atoms with Crippen LogP contribution in [0.1, 0.15) is 12.8 Å². The maximum Gasteiger partial charge on any atom is -0.00273 e. The van der Waals surface area contributed by atoms with E-state index in [1.807, 2.05) is 0 Å². The van der Waals surface area contributed by atoms with Crippen molar-refractivity contribution in [1.82, 2.24) is 0 Å². The van der Waals surface area contributed by atoms with Gasteiger partial charge in [0.1, 0.15) is 0 Å². The molecule has 0 nitrogen and oxygen atoms in total. The first-order valence-corrected chi connectivity index (χ1v) is 3.71. The van der Waals surface area contributed by atoms with Crippen molar-refractivity contribution in [3.8, 4) is 0 Å². The lowest BCUT2D eigenvalue weighted by Gasteiger charge is -2.41. The molecular weight excluding hydrogens is 108 g/mol. The molecule has 0 spiro atoms. The topological polar surface area (TPSA) is 0 Å². The summed E-state index contributed by atoms with van der Waals surface area (Å²) in [7, 11) is 0. The quantitative estimate of drug-likeness (QED) is 0.466. The van der Waals surface area contributed by atoms with E-state index in [0.29, 0.717) is 5.92 Å². The van der Waals surface area contributed by atoms with Crippen molar-refractivity contribution in [3.05, 3.63) is 24.8 Å². The van der Waals surface area contributed by atoms with E-state index in [1.54, 1.807) is 0 Å². The summed E-state index contributed by atoms with van der Waals surface area (Å²) in [6.45, 7) is 3.81. The molecule has 3 aliphatic carbocycles. The van der Waals surface area contributed by atoms with Crippen molar-refractivity contribution in [1.29, 1.82) is 0 Å². The molecule has 0 N–H and O–H groups in total. The first kappa shape index (κ1) is 5.28. The van der Waals surface area contributed by atoms with Crippen molar-refractivity contribution < 1.29 is 0 Å². The van der Waals surface area contributed by atoms with Gasteiger partial charge < -0.3 is 0 Å². The lowest BCUT2D eigenvalue weighted by atomic mass is 9.64. The average Bonchev–Trinajstić information content (AvgIpc) is 1.86. The first-order valence-electron chi connectivity index (χ1n) is 3.71. The van der Waals surface area contributed by atoms with E-state index in [1.165, 1.54) is 12.8 Å². The van der Waals surface area contributed by atoms with Gasteiger partial charge in [0.15, 0.2) is 0 Å². The highest BCUT2D eigenvalue weighted by Gasteiger charge is 2.34. The lowest BCUT2D eigenvalue weighted by molar-refractivity contribution is 0.187. The molecule has 2 bridgehead atoms. The summed E-state index contributed by atoms with van der Waals surface area (Å²) in [6.07, 6.45) is 9.60. The maximum atomic E-state index is 3.81. The summed E-state index contributed by atoms with van der Waals surface area (Å²) >= 11 is 0. The van der Waals surface area contributed by atoms with Crippen molar-refractivity contribution in [3.63, 3.8) is 0 Å². The van der Waals surface area contributed by atoms with E-state index >= 15 is 0 Å². The largest absolute Gasteiger partial charge is 0.102 e. The summed E-state index contributed by atoms with van der Waals surface area (Å²) in [4.78, 5) is 0. The predicted molar refractivity (Wildman–Crippen MR) is 39.0 cm³/mol. The van der Waals surface area contributed by atoms with Gasteiger partial charge in [-0.25, -0.2) is 0 Å². The van der Waals surface area contributed by atoms with Crippen LogP contribution in [0, 0.1) is 17.8 Å². The smallest absolute Gasteiger partial charge is 0.00273 e. The Morgan fingerprint density at radius 1 is 1.33 bits per heavy atom. The molecule has 0 radical (unpaired) electrons. The minimum atomic E-state index is 0.704.